The number of aliphatic hydroxyl groups is 2. The predicted molar refractivity (Wildman–Crippen MR) is 89.7 cm³/mol. The van der Waals surface area contributed by atoms with Gasteiger partial charge in [0.1, 0.15) is 5.82 Å². The molecule has 1 saturated heterocycles. The second-order valence-electron chi connectivity index (χ2n) is 6.52. The maximum atomic E-state index is 10.7. The first-order chi connectivity index (χ1) is 11.2. The maximum Gasteiger partial charge on any atom is 0.128 e. The SMILES string of the molecule is OC[C@@H]1[C@@H](c2ccccc2)[C@]12CN(c1ccc(Cl)cn1)C[C@@H]2O. The monoisotopic (exact) mass is 330 g/mol. The summed E-state index contributed by atoms with van der Waals surface area (Å²) in [6.45, 7) is 1.33. The molecular weight excluding hydrogens is 312 g/mol. The van der Waals surface area contributed by atoms with Gasteiger partial charge in [-0.2, -0.15) is 0 Å². The van der Waals surface area contributed by atoms with Gasteiger partial charge in [0.15, 0.2) is 0 Å². The molecule has 2 N–H and O–H groups in total. The van der Waals surface area contributed by atoms with Crippen molar-refractivity contribution in [2.75, 3.05) is 24.6 Å². The van der Waals surface area contributed by atoms with Crippen LogP contribution in [0, 0.1) is 11.3 Å². The number of rotatable bonds is 3. The Hall–Kier alpha value is -1.62. The molecule has 4 rings (SSSR count). The van der Waals surface area contributed by atoms with Crippen molar-refractivity contribution in [1.82, 2.24) is 4.98 Å². The van der Waals surface area contributed by atoms with Crippen LogP contribution in [0.2, 0.25) is 5.02 Å². The lowest BCUT2D eigenvalue weighted by Gasteiger charge is -2.17. The molecule has 1 aliphatic heterocycles. The van der Waals surface area contributed by atoms with E-state index in [1.807, 2.05) is 30.3 Å². The lowest BCUT2D eigenvalue weighted by atomic mass is 9.95. The van der Waals surface area contributed by atoms with Crippen molar-refractivity contribution in [3.63, 3.8) is 0 Å². The van der Waals surface area contributed by atoms with E-state index in [2.05, 4.69) is 22.0 Å². The van der Waals surface area contributed by atoms with Gasteiger partial charge in [0.2, 0.25) is 0 Å². The van der Waals surface area contributed by atoms with E-state index in [1.165, 1.54) is 5.56 Å². The highest BCUT2D eigenvalue weighted by Crippen LogP contribution is 2.68. The van der Waals surface area contributed by atoms with Crippen LogP contribution in [0.1, 0.15) is 11.5 Å². The van der Waals surface area contributed by atoms with Crippen molar-refractivity contribution in [2.24, 2.45) is 11.3 Å². The van der Waals surface area contributed by atoms with Crippen molar-refractivity contribution < 1.29 is 10.2 Å². The Balaban J connectivity index is 1.63. The van der Waals surface area contributed by atoms with Gasteiger partial charge >= 0.3 is 0 Å². The van der Waals surface area contributed by atoms with Crippen molar-refractivity contribution in [2.45, 2.75) is 12.0 Å². The van der Waals surface area contributed by atoms with Crippen LogP contribution >= 0.6 is 11.6 Å². The fourth-order valence-electron chi connectivity index (χ4n) is 4.30. The quantitative estimate of drug-likeness (QED) is 0.906. The van der Waals surface area contributed by atoms with Crippen molar-refractivity contribution >= 4 is 17.4 Å². The number of halogens is 1. The lowest BCUT2D eigenvalue weighted by Crippen LogP contribution is -2.23. The van der Waals surface area contributed by atoms with E-state index in [0.29, 0.717) is 18.1 Å². The Labute approximate surface area is 140 Å². The first kappa shape index (κ1) is 14.9. The number of hydrogen-bond acceptors (Lipinski definition) is 4. The van der Waals surface area contributed by atoms with E-state index < -0.39 is 6.10 Å². The average Bonchev–Trinajstić information content (AvgIpc) is 3.11. The molecule has 4 nitrogen and oxygen atoms in total. The highest BCUT2D eigenvalue weighted by Gasteiger charge is 2.71. The zero-order valence-electron chi connectivity index (χ0n) is 12.6. The molecule has 2 aromatic rings. The minimum atomic E-state index is -0.470. The third-order valence-electron chi connectivity index (χ3n) is 5.43. The second kappa shape index (κ2) is 5.48. The van der Waals surface area contributed by atoms with Crippen molar-refractivity contribution in [1.29, 1.82) is 0 Å². The molecule has 120 valence electrons. The summed E-state index contributed by atoms with van der Waals surface area (Å²) >= 11 is 5.90. The van der Waals surface area contributed by atoms with Gasteiger partial charge in [0.05, 0.1) is 11.1 Å². The highest BCUT2D eigenvalue weighted by atomic mass is 35.5. The fraction of sp³-hybridized carbons (Fsp3) is 0.389. The standard InChI is InChI=1S/C18H19ClN2O2/c19-13-6-7-16(20-8-13)21-9-15(23)18(11-21)14(10-22)17(18)12-4-2-1-3-5-12/h1-8,14-15,17,22-23H,9-11H2/t14-,15+,17-,18-/m1/s1. The van der Waals surface area contributed by atoms with Crippen LogP contribution in [-0.4, -0.2) is 41.0 Å². The van der Waals surface area contributed by atoms with Gasteiger partial charge in [-0.1, -0.05) is 41.9 Å². The summed E-state index contributed by atoms with van der Waals surface area (Å²) in [6.07, 6.45) is 1.15. The molecule has 1 saturated carbocycles. The van der Waals surface area contributed by atoms with Crippen LogP contribution < -0.4 is 4.90 Å². The average molecular weight is 331 g/mol. The number of hydrogen-bond donors (Lipinski definition) is 2. The summed E-state index contributed by atoms with van der Waals surface area (Å²) in [5.41, 5.74) is 0.911. The van der Waals surface area contributed by atoms with Crippen molar-refractivity contribution in [3.05, 3.63) is 59.2 Å². The second-order valence-corrected chi connectivity index (χ2v) is 6.96. The van der Waals surface area contributed by atoms with E-state index in [9.17, 15) is 10.2 Å². The molecule has 1 aromatic heterocycles. The van der Waals surface area contributed by atoms with Gasteiger partial charge < -0.3 is 15.1 Å². The molecular formula is C18H19ClN2O2. The number of nitrogens with zero attached hydrogens (tertiary/aromatic N) is 2. The molecule has 1 aliphatic carbocycles. The molecule has 4 atom stereocenters. The third kappa shape index (κ3) is 2.24. The topological polar surface area (TPSA) is 56.6 Å². The lowest BCUT2D eigenvalue weighted by molar-refractivity contribution is 0.113. The molecule has 2 heterocycles. The molecule has 5 heteroatoms. The molecule has 0 unspecified atom stereocenters. The summed E-state index contributed by atoms with van der Waals surface area (Å²) in [7, 11) is 0. The number of anilines is 1. The van der Waals surface area contributed by atoms with E-state index in [0.717, 1.165) is 5.82 Å². The number of pyridine rings is 1. The zero-order chi connectivity index (χ0) is 16.0. The van der Waals surface area contributed by atoms with Gasteiger partial charge in [0.25, 0.3) is 0 Å². The van der Waals surface area contributed by atoms with Crippen LogP contribution in [0.3, 0.4) is 0 Å². The number of aliphatic hydroxyl groups excluding tert-OH is 2. The summed E-state index contributed by atoms with van der Waals surface area (Å²) in [5.74, 6) is 1.11. The van der Waals surface area contributed by atoms with Crippen LogP contribution in [0.25, 0.3) is 0 Å². The Morgan fingerprint density at radius 3 is 2.65 bits per heavy atom. The van der Waals surface area contributed by atoms with Gasteiger partial charge in [-0.15, -0.1) is 0 Å². The minimum Gasteiger partial charge on any atom is -0.396 e. The molecule has 23 heavy (non-hydrogen) atoms. The summed E-state index contributed by atoms with van der Waals surface area (Å²) in [5, 5.41) is 21.1. The van der Waals surface area contributed by atoms with Crippen LogP contribution in [0.5, 0.6) is 0 Å². The number of benzene rings is 1. The maximum absolute atomic E-state index is 10.7. The number of aromatic nitrogens is 1. The number of β-amino-alcohol motifs (C(OH)–C–C–N with tert-alkyl or cyclic N) is 1. The smallest absolute Gasteiger partial charge is 0.128 e. The Kier molecular flexibility index (Phi) is 3.56. The van der Waals surface area contributed by atoms with E-state index in [-0.39, 0.29) is 23.9 Å². The summed E-state index contributed by atoms with van der Waals surface area (Å²) < 4.78 is 0. The first-order valence-corrected chi connectivity index (χ1v) is 8.25. The minimum absolute atomic E-state index is 0.0946. The molecule has 0 amide bonds. The largest absolute Gasteiger partial charge is 0.396 e. The van der Waals surface area contributed by atoms with E-state index >= 15 is 0 Å². The highest BCUT2D eigenvalue weighted by molar-refractivity contribution is 6.30. The van der Waals surface area contributed by atoms with Gasteiger partial charge in [-0.25, -0.2) is 4.98 Å². The van der Waals surface area contributed by atoms with Gasteiger partial charge in [0, 0.05) is 31.3 Å². The zero-order valence-corrected chi connectivity index (χ0v) is 13.4. The summed E-state index contributed by atoms with van der Waals surface area (Å²) in [4.78, 5) is 6.45. The molecule has 2 fully saturated rings. The Bertz CT molecular complexity index is 694. The van der Waals surface area contributed by atoms with Crippen LogP contribution in [0.4, 0.5) is 5.82 Å². The van der Waals surface area contributed by atoms with Gasteiger partial charge in [-0.3, -0.25) is 0 Å². The van der Waals surface area contributed by atoms with E-state index in [4.69, 9.17) is 11.6 Å². The molecule has 2 aliphatic rings. The third-order valence-corrected chi connectivity index (χ3v) is 5.66. The molecule has 0 bridgehead atoms. The molecule has 1 aromatic carbocycles. The van der Waals surface area contributed by atoms with Crippen LogP contribution in [-0.2, 0) is 0 Å². The molecule has 1 spiro atoms. The fourth-order valence-corrected chi connectivity index (χ4v) is 4.41. The summed E-state index contributed by atoms with van der Waals surface area (Å²) in [6, 6.07) is 13.9. The van der Waals surface area contributed by atoms with Crippen LogP contribution in [0.15, 0.2) is 48.7 Å². The van der Waals surface area contributed by atoms with E-state index in [1.54, 1.807) is 6.20 Å². The first-order valence-electron chi connectivity index (χ1n) is 7.87. The van der Waals surface area contributed by atoms with Gasteiger partial charge in [-0.05, 0) is 29.5 Å². The Morgan fingerprint density at radius 2 is 2.00 bits per heavy atom. The Morgan fingerprint density at radius 1 is 1.22 bits per heavy atom. The predicted octanol–water partition coefficient (Wildman–Crippen LogP) is 2.31. The normalized spacial score (nSPS) is 32.5. The van der Waals surface area contributed by atoms with Crippen molar-refractivity contribution in [3.8, 4) is 0 Å². The molecule has 0 radical (unpaired) electrons.